The number of likely N-dealkylation sites (N-methyl/N-ethyl adjacent to an activating group) is 1. The van der Waals surface area contributed by atoms with E-state index < -0.39 is 17.8 Å². The van der Waals surface area contributed by atoms with Crippen molar-refractivity contribution in [3.05, 3.63) is 35.4 Å². The Morgan fingerprint density at radius 3 is 2.25 bits per heavy atom. The zero-order valence-corrected chi connectivity index (χ0v) is 16.4. The molecule has 2 N–H and O–H groups in total. The summed E-state index contributed by atoms with van der Waals surface area (Å²) >= 11 is 0. The van der Waals surface area contributed by atoms with E-state index >= 15 is 0 Å². The lowest BCUT2D eigenvalue weighted by atomic mass is 9.90. The molecule has 1 aromatic rings. The molecule has 2 aliphatic rings. The number of carbonyl (C=O) groups is 3. The summed E-state index contributed by atoms with van der Waals surface area (Å²) in [6, 6.07) is 7.17. The second-order valence-electron chi connectivity index (χ2n) is 7.87. The average Bonchev–Trinajstić information content (AvgIpc) is 3.21. The van der Waals surface area contributed by atoms with Gasteiger partial charge in [0.25, 0.3) is 5.91 Å². The van der Waals surface area contributed by atoms with Crippen LogP contribution in [0.1, 0.15) is 41.6 Å². The number of amides is 2. The SMILES string of the molecule is CN1CCN(C(=O)c2ccc(CNC(=O)C(C(=O)O)C3CCCC3)cc2)CC1. The molecule has 2 fully saturated rings. The number of nitrogens with zero attached hydrogens (tertiary/aromatic N) is 2. The van der Waals surface area contributed by atoms with Crippen LogP contribution in [0.5, 0.6) is 0 Å². The normalized spacial score (nSPS) is 19.4. The summed E-state index contributed by atoms with van der Waals surface area (Å²) in [5, 5.41) is 12.2. The molecule has 0 bridgehead atoms. The molecule has 3 rings (SSSR count). The van der Waals surface area contributed by atoms with Crippen molar-refractivity contribution in [2.24, 2.45) is 11.8 Å². The number of carbonyl (C=O) groups excluding carboxylic acids is 2. The number of aliphatic carboxylic acids is 1. The Morgan fingerprint density at radius 2 is 1.68 bits per heavy atom. The molecular weight excluding hydrogens is 358 g/mol. The molecule has 1 heterocycles. The van der Waals surface area contributed by atoms with Gasteiger partial charge in [0.1, 0.15) is 5.92 Å². The second-order valence-corrected chi connectivity index (χ2v) is 7.87. The summed E-state index contributed by atoms with van der Waals surface area (Å²) in [6.07, 6.45) is 3.58. The standard InChI is InChI=1S/C21H29N3O4/c1-23-10-12-24(13-11-23)20(26)17-8-6-15(7-9-17)14-22-19(25)18(21(27)28)16-4-2-3-5-16/h6-9,16,18H,2-5,10-14H2,1H3,(H,22,25)(H,27,28). The lowest BCUT2D eigenvalue weighted by Gasteiger charge is -2.32. The summed E-state index contributed by atoms with van der Waals surface area (Å²) < 4.78 is 0. The molecule has 0 radical (unpaired) electrons. The molecule has 1 aliphatic carbocycles. The predicted molar refractivity (Wildman–Crippen MR) is 105 cm³/mol. The summed E-state index contributed by atoms with van der Waals surface area (Å²) in [7, 11) is 2.05. The van der Waals surface area contributed by atoms with Crippen LogP contribution < -0.4 is 5.32 Å². The fourth-order valence-electron chi connectivity index (χ4n) is 4.08. The molecule has 1 aliphatic heterocycles. The molecule has 1 aromatic carbocycles. The maximum absolute atomic E-state index is 12.6. The van der Waals surface area contributed by atoms with Gasteiger partial charge >= 0.3 is 5.97 Å². The Bertz CT molecular complexity index is 705. The zero-order chi connectivity index (χ0) is 20.1. The third kappa shape index (κ3) is 4.90. The maximum atomic E-state index is 12.6. The van der Waals surface area contributed by atoms with Gasteiger partial charge in [0.05, 0.1) is 0 Å². The highest BCUT2D eigenvalue weighted by Crippen LogP contribution is 2.31. The number of nitrogens with one attached hydrogen (secondary N) is 1. The molecule has 1 saturated carbocycles. The van der Waals surface area contributed by atoms with Gasteiger partial charge in [0.2, 0.25) is 5.91 Å². The van der Waals surface area contributed by atoms with Gasteiger partial charge in [-0.15, -0.1) is 0 Å². The van der Waals surface area contributed by atoms with Crippen molar-refractivity contribution in [2.75, 3.05) is 33.2 Å². The first-order valence-corrected chi connectivity index (χ1v) is 10.0. The molecule has 1 atom stereocenters. The summed E-state index contributed by atoms with van der Waals surface area (Å²) in [5.41, 5.74) is 1.48. The van der Waals surface area contributed by atoms with Gasteiger partial charge in [0.15, 0.2) is 0 Å². The molecule has 152 valence electrons. The molecule has 0 spiro atoms. The van der Waals surface area contributed by atoms with Crippen molar-refractivity contribution in [2.45, 2.75) is 32.2 Å². The number of hydrogen-bond donors (Lipinski definition) is 2. The molecule has 7 heteroatoms. The molecule has 28 heavy (non-hydrogen) atoms. The van der Waals surface area contributed by atoms with Gasteiger partial charge in [-0.1, -0.05) is 25.0 Å². The van der Waals surface area contributed by atoms with E-state index in [1.54, 1.807) is 12.1 Å². The van der Waals surface area contributed by atoms with Crippen molar-refractivity contribution in [1.29, 1.82) is 0 Å². The van der Waals surface area contributed by atoms with E-state index in [0.29, 0.717) is 5.56 Å². The molecule has 1 saturated heterocycles. The monoisotopic (exact) mass is 387 g/mol. The van der Waals surface area contributed by atoms with Crippen LogP contribution in [-0.4, -0.2) is 65.9 Å². The van der Waals surface area contributed by atoms with Crippen LogP contribution in [0, 0.1) is 11.8 Å². The molecule has 2 amide bonds. The van der Waals surface area contributed by atoms with Gasteiger partial charge in [0, 0.05) is 38.3 Å². The minimum Gasteiger partial charge on any atom is -0.481 e. The third-order valence-electron chi connectivity index (χ3n) is 5.88. The largest absolute Gasteiger partial charge is 0.481 e. The van der Waals surface area contributed by atoms with Crippen LogP contribution in [0.4, 0.5) is 0 Å². The summed E-state index contributed by atoms with van der Waals surface area (Å²) in [6.45, 7) is 3.47. The van der Waals surface area contributed by atoms with Crippen molar-refractivity contribution in [3.8, 4) is 0 Å². The Hall–Kier alpha value is -2.41. The van der Waals surface area contributed by atoms with Gasteiger partial charge < -0.3 is 20.2 Å². The fraction of sp³-hybridized carbons (Fsp3) is 0.571. The number of hydrogen-bond acceptors (Lipinski definition) is 4. The first kappa shape index (κ1) is 20.3. The lowest BCUT2D eigenvalue weighted by Crippen LogP contribution is -2.47. The highest BCUT2D eigenvalue weighted by atomic mass is 16.4. The van der Waals surface area contributed by atoms with Crippen molar-refractivity contribution in [1.82, 2.24) is 15.1 Å². The van der Waals surface area contributed by atoms with E-state index in [0.717, 1.165) is 57.4 Å². The molecule has 0 aromatic heterocycles. The van der Waals surface area contributed by atoms with Crippen molar-refractivity contribution >= 4 is 17.8 Å². The smallest absolute Gasteiger partial charge is 0.316 e. The third-order valence-corrected chi connectivity index (χ3v) is 5.88. The number of rotatable bonds is 6. The van der Waals surface area contributed by atoms with Crippen LogP contribution in [0.15, 0.2) is 24.3 Å². The number of piperazine rings is 1. The van der Waals surface area contributed by atoms with Crippen LogP contribution >= 0.6 is 0 Å². The topological polar surface area (TPSA) is 90.0 Å². The molecular formula is C21H29N3O4. The van der Waals surface area contributed by atoms with E-state index in [1.165, 1.54) is 0 Å². The number of carboxylic acids is 1. The number of carboxylic acid groups (broad SMARTS) is 1. The Balaban J connectivity index is 1.54. The zero-order valence-electron chi connectivity index (χ0n) is 16.4. The Kier molecular flexibility index (Phi) is 6.67. The second kappa shape index (κ2) is 9.19. The van der Waals surface area contributed by atoms with Crippen LogP contribution in [0.25, 0.3) is 0 Å². The average molecular weight is 387 g/mol. The maximum Gasteiger partial charge on any atom is 0.316 e. The molecule has 7 nitrogen and oxygen atoms in total. The van der Waals surface area contributed by atoms with Gasteiger partial charge in [-0.05, 0) is 43.5 Å². The van der Waals surface area contributed by atoms with Gasteiger partial charge in [-0.2, -0.15) is 0 Å². The quantitative estimate of drug-likeness (QED) is 0.724. The first-order chi connectivity index (χ1) is 13.5. The summed E-state index contributed by atoms with van der Waals surface area (Å²) in [5.74, 6) is -2.48. The molecule has 1 unspecified atom stereocenters. The van der Waals surface area contributed by atoms with Gasteiger partial charge in [-0.3, -0.25) is 14.4 Å². The van der Waals surface area contributed by atoms with Gasteiger partial charge in [-0.25, -0.2) is 0 Å². The lowest BCUT2D eigenvalue weighted by molar-refractivity contribution is -0.149. The number of benzene rings is 1. The van der Waals surface area contributed by atoms with Crippen LogP contribution in [-0.2, 0) is 16.1 Å². The van der Waals surface area contributed by atoms with Crippen LogP contribution in [0.3, 0.4) is 0 Å². The summed E-state index contributed by atoms with van der Waals surface area (Å²) in [4.78, 5) is 40.5. The predicted octanol–water partition coefficient (Wildman–Crippen LogP) is 1.58. The van der Waals surface area contributed by atoms with E-state index in [1.807, 2.05) is 24.1 Å². The van der Waals surface area contributed by atoms with E-state index in [4.69, 9.17) is 0 Å². The van der Waals surface area contributed by atoms with Crippen LogP contribution in [0.2, 0.25) is 0 Å². The van der Waals surface area contributed by atoms with Crippen molar-refractivity contribution in [3.63, 3.8) is 0 Å². The first-order valence-electron chi connectivity index (χ1n) is 10.0. The van der Waals surface area contributed by atoms with E-state index in [-0.39, 0.29) is 18.4 Å². The highest BCUT2D eigenvalue weighted by molar-refractivity contribution is 5.97. The minimum absolute atomic E-state index is 0.0239. The Labute approximate surface area is 165 Å². The fourth-order valence-corrected chi connectivity index (χ4v) is 4.08. The van der Waals surface area contributed by atoms with Crippen molar-refractivity contribution < 1.29 is 19.5 Å². The Morgan fingerprint density at radius 1 is 1.07 bits per heavy atom. The minimum atomic E-state index is -1.04. The highest BCUT2D eigenvalue weighted by Gasteiger charge is 2.36. The van der Waals surface area contributed by atoms with E-state index in [2.05, 4.69) is 10.2 Å². The van der Waals surface area contributed by atoms with E-state index in [9.17, 15) is 19.5 Å².